The number of aryl methyl sites for hydroxylation is 1. The molecule has 0 fully saturated rings. The number of aromatic carboxylic acids is 1. The lowest BCUT2D eigenvalue weighted by molar-refractivity contribution is 0.0695. The molecule has 0 aliphatic heterocycles. The monoisotopic (exact) mass is 295 g/mol. The van der Waals surface area contributed by atoms with Gasteiger partial charge >= 0.3 is 5.97 Å². The number of benzene rings is 1. The van der Waals surface area contributed by atoms with Gasteiger partial charge in [-0.3, -0.25) is 4.98 Å². The molecule has 0 atom stereocenters. The van der Waals surface area contributed by atoms with Gasteiger partial charge in [0.15, 0.2) is 0 Å². The highest BCUT2D eigenvalue weighted by Gasteiger charge is 2.15. The highest BCUT2D eigenvalue weighted by atomic mass is 35.5. The number of nitrogens with zero attached hydrogens (tertiary/aromatic N) is 1. The van der Waals surface area contributed by atoms with Crippen LogP contribution in [0.15, 0.2) is 30.5 Å². The first kappa shape index (κ1) is 13.8. The molecule has 0 aliphatic carbocycles. The molecule has 0 saturated carbocycles. The van der Waals surface area contributed by atoms with Gasteiger partial charge in [0.05, 0.1) is 11.3 Å². The Bertz CT molecular complexity index is 641. The van der Waals surface area contributed by atoms with Gasteiger partial charge in [0.25, 0.3) is 0 Å². The molecule has 3 nitrogen and oxygen atoms in total. The lowest BCUT2D eigenvalue weighted by Gasteiger charge is -2.10. The number of rotatable bonds is 3. The number of hydrogen-bond acceptors (Lipinski definition) is 2. The molecule has 1 heterocycles. The van der Waals surface area contributed by atoms with Crippen LogP contribution in [0.25, 0.3) is 0 Å². The minimum atomic E-state index is -1.01. The molecule has 2 aromatic rings. The van der Waals surface area contributed by atoms with E-state index in [1.165, 1.54) is 6.07 Å². The van der Waals surface area contributed by atoms with Crippen molar-refractivity contribution in [1.29, 1.82) is 0 Å². The zero-order valence-electron chi connectivity index (χ0n) is 10.2. The Morgan fingerprint density at radius 2 is 2.05 bits per heavy atom. The highest BCUT2D eigenvalue weighted by Crippen LogP contribution is 2.30. The lowest BCUT2D eigenvalue weighted by Crippen LogP contribution is -2.06. The van der Waals surface area contributed by atoms with Crippen LogP contribution in [0.2, 0.25) is 10.0 Å². The maximum absolute atomic E-state index is 11.1. The minimum Gasteiger partial charge on any atom is -0.478 e. The highest BCUT2D eigenvalue weighted by molar-refractivity contribution is 6.36. The van der Waals surface area contributed by atoms with E-state index in [4.69, 9.17) is 28.3 Å². The Balaban J connectivity index is 2.48. The molecule has 0 bridgehead atoms. The van der Waals surface area contributed by atoms with Gasteiger partial charge in [-0.15, -0.1) is 0 Å². The van der Waals surface area contributed by atoms with Gasteiger partial charge in [-0.1, -0.05) is 29.3 Å². The van der Waals surface area contributed by atoms with Gasteiger partial charge in [0.2, 0.25) is 0 Å². The molecule has 1 aromatic heterocycles. The third kappa shape index (κ3) is 2.88. The van der Waals surface area contributed by atoms with Crippen LogP contribution in [-0.2, 0) is 6.42 Å². The zero-order chi connectivity index (χ0) is 14.0. The van der Waals surface area contributed by atoms with E-state index in [0.29, 0.717) is 27.7 Å². The predicted octanol–water partition coefficient (Wildman–Crippen LogP) is 3.99. The van der Waals surface area contributed by atoms with Crippen LogP contribution < -0.4 is 0 Å². The van der Waals surface area contributed by atoms with Crippen LogP contribution in [-0.4, -0.2) is 16.1 Å². The summed E-state index contributed by atoms with van der Waals surface area (Å²) >= 11 is 12.3. The van der Waals surface area contributed by atoms with E-state index in [-0.39, 0.29) is 5.56 Å². The second kappa shape index (κ2) is 5.59. The van der Waals surface area contributed by atoms with Crippen molar-refractivity contribution in [3.8, 4) is 0 Å². The Morgan fingerprint density at radius 1 is 1.32 bits per heavy atom. The number of carboxylic acids is 1. The summed E-state index contributed by atoms with van der Waals surface area (Å²) in [6, 6.07) is 6.68. The molecule has 2 rings (SSSR count). The summed E-state index contributed by atoms with van der Waals surface area (Å²) in [6.07, 6.45) is 1.85. The van der Waals surface area contributed by atoms with Crippen molar-refractivity contribution >= 4 is 29.2 Å². The molecule has 0 unspecified atom stereocenters. The number of carbonyl (C=O) groups is 1. The fourth-order valence-corrected chi connectivity index (χ4v) is 2.32. The van der Waals surface area contributed by atoms with E-state index in [1.54, 1.807) is 18.3 Å². The van der Waals surface area contributed by atoms with Crippen molar-refractivity contribution in [2.24, 2.45) is 0 Å². The Hall–Kier alpha value is -1.58. The molecule has 0 amide bonds. The maximum Gasteiger partial charge on any atom is 0.337 e. The second-order valence-electron chi connectivity index (χ2n) is 4.14. The van der Waals surface area contributed by atoms with Crippen LogP contribution in [0, 0.1) is 6.92 Å². The molecule has 0 saturated heterocycles. The summed E-state index contributed by atoms with van der Waals surface area (Å²) in [5.41, 5.74) is 2.21. The fraction of sp³-hybridized carbons (Fsp3) is 0.143. The maximum atomic E-state index is 11.1. The Morgan fingerprint density at radius 3 is 2.74 bits per heavy atom. The number of pyridine rings is 1. The zero-order valence-corrected chi connectivity index (χ0v) is 11.7. The van der Waals surface area contributed by atoms with Gasteiger partial charge < -0.3 is 5.11 Å². The molecule has 0 spiro atoms. The summed E-state index contributed by atoms with van der Waals surface area (Å²) in [6.45, 7) is 1.87. The van der Waals surface area contributed by atoms with Gasteiger partial charge in [0, 0.05) is 22.7 Å². The van der Waals surface area contributed by atoms with Crippen molar-refractivity contribution in [2.45, 2.75) is 13.3 Å². The average molecular weight is 296 g/mol. The number of hydrogen-bond donors (Lipinski definition) is 1. The Kier molecular flexibility index (Phi) is 4.08. The standard InChI is InChI=1S/C14H11Cl2NO2/c1-8-4-5-11(15)10(13(8)16)7-12-9(14(18)19)3-2-6-17-12/h2-6H,7H2,1H3,(H,18,19). The van der Waals surface area contributed by atoms with E-state index < -0.39 is 5.97 Å². The first-order chi connectivity index (χ1) is 9.00. The van der Waals surface area contributed by atoms with E-state index >= 15 is 0 Å². The molecular formula is C14H11Cl2NO2. The lowest BCUT2D eigenvalue weighted by atomic mass is 10.0. The first-order valence-corrected chi connectivity index (χ1v) is 6.37. The van der Waals surface area contributed by atoms with Crippen LogP contribution in [0.5, 0.6) is 0 Å². The number of aromatic nitrogens is 1. The molecular weight excluding hydrogens is 285 g/mol. The van der Waals surface area contributed by atoms with E-state index in [0.717, 1.165) is 5.56 Å². The number of carboxylic acid groups (broad SMARTS) is 1. The van der Waals surface area contributed by atoms with Crippen LogP contribution in [0.3, 0.4) is 0 Å². The van der Waals surface area contributed by atoms with Crippen molar-refractivity contribution in [3.05, 3.63) is 62.9 Å². The topological polar surface area (TPSA) is 50.2 Å². The molecule has 0 radical (unpaired) electrons. The fourth-order valence-electron chi connectivity index (χ4n) is 1.82. The summed E-state index contributed by atoms with van der Waals surface area (Å²) in [4.78, 5) is 15.3. The Labute approximate surface area is 120 Å². The van der Waals surface area contributed by atoms with Gasteiger partial charge in [0.1, 0.15) is 0 Å². The summed E-state index contributed by atoms with van der Waals surface area (Å²) in [7, 11) is 0. The van der Waals surface area contributed by atoms with E-state index in [1.807, 2.05) is 13.0 Å². The first-order valence-electron chi connectivity index (χ1n) is 5.61. The molecule has 0 aliphatic rings. The van der Waals surface area contributed by atoms with Crippen molar-refractivity contribution in [3.63, 3.8) is 0 Å². The molecule has 5 heteroatoms. The van der Waals surface area contributed by atoms with Crippen molar-refractivity contribution < 1.29 is 9.90 Å². The normalized spacial score (nSPS) is 10.5. The van der Waals surface area contributed by atoms with Crippen LogP contribution >= 0.6 is 23.2 Å². The molecule has 1 N–H and O–H groups in total. The van der Waals surface area contributed by atoms with Gasteiger partial charge in [-0.05, 0) is 36.2 Å². The van der Waals surface area contributed by atoms with E-state index in [2.05, 4.69) is 4.98 Å². The third-order valence-electron chi connectivity index (χ3n) is 2.84. The molecule has 1 aromatic carbocycles. The smallest absolute Gasteiger partial charge is 0.337 e. The molecule has 19 heavy (non-hydrogen) atoms. The minimum absolute atomic E-state index is 0.163. The van der Waals surface area contributed by atoms with Crippen molar-refractivity contribution in [2.75, 3.05) is 0 Å². The summed E-state index contributed by atoms with van der Waals surface area (Å²) in [5.74, 6) is -1.01. The largest absolute Gasteiger partial charge is 0.478 e. The number of halogens is 2. The van der Waals surface area contributed by atoms with E-state index in [9.17, 15) is 4.79 Å². The quantitative estimate of drug-likeness (QED) is 0.931. The second-order valence-corrected chi connectivity index (χ2v) is 4.92. The summed E-state index contributed by atoms with van der Waals surface area (Å²) in [5, 5.41) is 10.2. The predicted molar refractivity (Wildman–Crippen MR) is 75.2 cm³/mol. The average Bonchev–Trinajstić information content (AvgIpc) is 2.39. The van der Waals surface area contributed by atoms with Crippen molar-refractivity contribution in [1.82, 2.24) is 4.98 Å². The summed E-state index contributed by atoms with van der Waals surface area (Å²) < 4.78 is 0. The SMILES string of the molecule is Cc1ccc(Cl)c(Cc2ncccc2C(=O)O)c1Cl. The molecule has 98 valence electrons. The van der Waals surface area contributed by atoms with Crippen LogP contribution in [0.4, 0.5) is 0 Å². The van der Waals surface area contributed by atoms with Gasteiger partial charge in [-0.2, -0.15) is 0 Å². The van der Waals surface area contributed by atoms with Gasteiger partial charge in [-0.25, -0.2) is 4.79 Å². The third-order valence-corrected chi connectivity index (χ3v) is 3.72. The van der Waals surface area contributed by atoms with Crippen LogP contribution in [0.1, 0.15) is 27.2 Å².